The first-order chi connectivity index (χ1) is 10.5. The van der Waals surface area contributed by atoms with E-state index in [-0.39, 0.29) is 35.1 Å². The molecule has 0 radical (unpaired) electrons. The van der Waals surface area contributed by atoms with Gasteiger partial charge in [0, 0.05) is 22.2 Å². The van der Waals surface area contributed by atoms with Crippen LogP contribution in [0.25, 0.3) is 0 Å². The molecule has 2 nitrogen and oxygen atoms in total. The van der Waals surface area contributed by atoms with E-state index < -0.39 is 29.7 Å². The molecule has 0 saturated carbocycles. The molecule has 1 saturated heterocycles. The highest BCUT2D eigenvalue weighted by Crippen LogP contribution is 2.35. The van der Waals surface area contributed by atoms with E-state index in [1.165, 1.54) is 27.5 Å². The molecule has 2 rings (SSSR count). The van der Waals surface area contributed by atoms with Crippen molar-refractivity contribution in [2.24, 2.45) is 5.92 Å². The number of halogens is 7. The Kier molecular flexibility index (Phi) is 5.17. The van der Waals surface area contributed by atoms with Crippen molar-refractivity contribution in [1.82, 2.24) is 4.90 Å². The third-order valence-corrected chi connectivity index (χ3v) is 4.66. The van der Waals surface area contributed by atoms with Gasteiger partial charge in [0.1, 0.15) is 0 Å². The van der Waals surface area contributed by atoms with Gasteiger partial charge in [0.15, 0.2) is 0 Å². The van der Waals surface area contributed by atoms with Crippen LogP contribution in [0.3, 0.4) is 0 Å². The van der Waals surface area contributed by atoms with Gasteiger partial charge in [0.25, 0.3) is 5.91 Å². The first kappa shape index (κ1) is 18.3. The molecule has 9 heteroatoms. The van der Waals surface area contributed by atoms with Crippen LogP contribution in [0.1, 0.15) is 28.8 Å². The fourth-order valence-corrected chi connectivity index (χ4v) is 3.29. The van der Waals surface area contributed by atoms with E-state index in [0.717, 1.165) is 18.2 Å². The largest absolute Gasteiger partial charge is 0.417 e. The smallest absolute Gasteiger partial charge is 0.339 e. The normalized spacial score (nSPS) is 17.4. The summed E-state index contributed by atoms with van der Waals surface area (Å²) in [6, 6.07) is 2.99. The highest BCUT2D eigenvalue weighted by atomic mass is 127. The Morgan fingerprint density at radius 2 is 1.65 bits per heavy atom. The van der Waals surface area contributed by atoms with E-state index in [1.54, 1.807) is 0 Å². The molecule has 0 spiro atoms. The number of carbonyl (C=O) groups excluding carboxylic acids is 1. The maximum absolute atomic E-state index is 12.7. The van der Waals surface area contributed by atoms with Gasteiger partial charge >= 0.3 is 12.4 Å². The minimum absolute atomic E-state index is 0.0489. The maximum Gasteiger partial charge on any atom is 0.417 e. The van der Waals surface area contributed by atoms with Crippen molar-refractivity contribution in [2.75, 3.05) is 13.1 Å². The Morgan fingerprint density at radius 3 is 2.09 bits per heavy atom. The highest BCUT2D eigenvalue weighted by molar-refractivity contribution is 14.1. The number of amides is 1. The van der Waals surface area contributed by atoms with Crippen LogP contribution in [-0.4, -0.2) is 30.1 Å². The number of hydrogen-bond acceptors (Lipinski definition) is 1. The summed E-state index contributed by atoms with van der Waals surface area (Å²) in [7, 11) is 0. The van der Waals surface area contributed by atoms with Gasteiger partial charge in [-0.3, -0.25) is 4.79 Å². The number of hydrogen-bond donors (Lipinski definition) is 0. The van der Waals surface area contributed by atoms with Gasteiger partial charge < -0.3 is 4.90 Å². The third-order valence-electron chi connectivity index (χ3n) is 3.77. The predicted molar refractivity (Wildman–Crippen MR) is 78.8 cm³/mol. The van der Waals surface area contributed by atoms with Gasteiger partial charge in [0.2, 0.25) is 0 Å². The van der Waals surface area contributed by atoms with Gasteiger partial charge in [0.05, 0.1) is 11.5 Å². The van der Waals surface area contributed by atoms with E-state index in [2.05, 4.69) is 0 Å². The molecule has 1 aliphatic rings. The Morgan fingerprint density at radius 1 is 1.09 bits per heavy atom. The molecule has 0 aromatic heterocycles. The summed E-state index contributed by atoms with van der Waals surface area (Å²) in [5, 5.41) is 0. The second kappa shape index (κ2) is 6.48. The van der Waals surface area contributed by atoms with E-state index in [9.17, 15) is 31.1 Å². The minimum Gasteiger partial charge on any atom is -0.339 e. The van der Waals surface area contributed by atoms with E-state index in [0.29, 0.717) is 0 Å². The zero-order valence-electron chi connectivity index (χ0n) is 11.6. The van der Waals surface area contributed by atoms with Crippen LogP contribution in [0, 0.1) is 9.49 Å². The first-order valence-corrected chi connectivity index (χ1v) is 7.81. The number of piperidine rings is 1. The summed E-state index contributed by atoms with van der Waals surface area (Å²) in [6.45, 7) is -0.110. The van der Waals surface area contributed by atoms with Gasteiger partial charge in [-0.1, -0.05) is 0 Å². The van der Waals surface area contributed by atoms with Crippen LogP contribution in [0.2, 0.25) is 0 Å². The van der Waals surface area contributed by atoms with Crippen LogP contribution in [0.15, 0.2) is 18.2 Å². The van der Waals surface area contributed by atoms with Gasteiger partial charge in [-0.25, -0.2) is 0 Å². The Bertz CT molecular complexity index is 590. The average Bonchev–Trinajstić information content (AvgIpc) is 2.44. The van der Waals surface area contributed by atoms with Gasteiger partial charge in [-0.05, 0) is 53.6 Å². The number of likely N-dealkylation sites (tertiary alicyclic amines) is 1. The van der Waals surface area contributed by atoms with Crippen LogP contribution in [0.4, 0.5) is 26.3 Å². The maximum atomic E-state index is 12.7. The predicted octanol–water partition coefficient (Wildman–Crippen LogP) is 4.72. The molecule has 0 N–H and O–H groups in total. The van der Waals surface area contributed by atoms with Crippen molar-refractivity contribution in [1.29, 1.82) is 0 Å². The summed E-state index contributed by atoms with van der Waals surface area (Å²) in [5.41, 5.74) is -0.793. The zero-order valence-corrected chi connectivity index (χ0v) is 13.8. The summed E-state index contributed by atoms with van der Waals surface area (Å²) < 4.78 is 75.7. The first-order valence-electron chi connectivity index (χ1n) is 6.73. The van der Waals surface area contributed by atoms with Crippen molar-refractivity contribution < 1.29 is 31.1 Å². The van der Waals surface area contributed by atoms with Crippen molar-refractivity contribution >= 4 is 28.5 Å². The SMILES string of the molecule is O=C(c1ccc(C(F)(F)F)c(I)c1)N1CCC(C(F)(F)F)CC1. The lowest BCUT2D eigenvalue weighted by atomic mass is 9.96. The van der Waals surface area contributed by atoms with Crippen molar-refractivity contribution in [3.63, 3.8) is 0 Å². The zero-order chi connectivity index (χ0) is 17.4. The summed E-state index contributed by atoms with van der Waals surface area (Å²) in [4.78, 5) is 13.5. The summed E-state index contributed by atoms with van der Waals surface area (Å²) >= 11 is 1.49. The number of nitrogens with zero attached hydrogens (tertiary/aromatic N) is 1. The van der Waals surface area contributed by atoms with E-state index in [4.69, 9.17) is 0 Å². The molecule has 1 amide bonds. The Labute approximate surface area is 142 Å². The van der Waals surface area contributed by atoms with Gasteiger partial charge in [-0.2, -0.15) is 26.3 Å². The molecule has 1 heterocycles. The van der Waals surface area contributed by atoms with Crippen molar-refractivity contribution in [3.05, 3.63) is 32.9 Å². The van der Waals surface area contributed by atoms with Crippen LogP contribution in [-0.2, 0) is 6.18 Å². The summed E-state index contributed by atoms with van der Waals surface area (Å²) in [5.74, 6) is -1.98. The Balaban J connectivity index is 2.09. The van der Waals surface area contributed by atoms with Gasteiger partial charge in [-0.15, -0.1) is 0 Å². The molecular weight excluding hydrogens is 439 g/mol. The molecule has 0 aliphatic carbocycles. The monoisotopic (exact) mass is 451 g/mol. The number of benzene rings is 1. The molecule has 1 aliphatic heterocycles. The second-order valence-corrected chi connectivity index (χ2v) is 6.46. The van der Waals surface area contributed by atoms with E-state index in [1.807, 2.05) is 0 Å². The van der Waals surface area contributed by atoms with E-state index >= 15 is 0 Å². The number of alkyl halides is 6. The van der Waals surface area contributed by atoms with Crippen molar-refractivity contribution in [3.8, 4) is 0 Å². The number of carbonyl (C=O) groups is 1. The van der Waals surface area contributed by atoms with Crippen LogP contribution >= 0.6 is 22.6 Å². The molecule has 128 valence electrons. The van der Waals surface area contributed by atoms with Crippen LogP contribution in [0.5, 0.6) is 0 Å². The minimum atomic E-state index is -4.51. The van der Waals surface area contributed by atoms with Crippen molar-refractivity contribution in [2.45, 2.75) is 25.2 Å². The average molecular weight is 451 g/mol. The third kappa shape index (κ3) is 4.30. The molecule has 0 unspecified atom stereocenters. The quantitative estimate of drug-likeness (QED) is 0.447. The lowest BCUT2D eigenvalue weighted by molar-refractivity contribution is -0.183. The molecule has 0 atom stereocenters. The molecule has 1 fully saturated rings. The molecule has 23 heavy (non-hydrogen) atoms. The fourth-order valence-electron chi connectivity index (χ4n) is 2.47. The molecule has 1 aromatic rings. The standard InChI is InChI=1S/C14H12F6INO/c15-13(16,17)9-3-5-22(6-4-9)12(23)8-1-2-10(11(21)7-8)14(18,19)20/h1-2,7,9H,3-6H2. The summed E-state index contributed by atoms with van der Waals surface area (Å²) in [6.07, 6.45) is -9.16. The number of rotatable bonds is 1. The lowest BCUT2D eigenvalue weighted by Crippen LogP contribution is -2.42. The highest BCUT2D eigenvalue weighted by Gasteiger charge is 2.42. The Hall–Kier alpha value is -1.00. The second-order valence-electron chi connectivity index (χ2n) is 5.30. The topological polar surface area (TPSA) is 20.3 Å². The lowest BCUT2D eigenvalue weighted by Gasteiger charge is -2.33. The fraction of sp³-hybridized carbons (Fsp3) is 0.500. The molecule has 1 aromatic carbocycles. The molecule has 0 bridgehead atoms. The van der Waals surface area contributed by atoms with Crippen LogP contribution < -0.4 is 0 Å². The molecular formula is C14H12F6INO.